The van der Waals surface area contributed by atoms with Gasteiger partial charge in [0.25, 0.3) is 0 Å². The Hall–Kier alpha value is -0.520. The molecule has 0 bridgehead atoms. The van der Waals surface area contributed by atoms with Crippen molar-refractivity contribution in [3.8, 4) is 0 Å². The topological polar surface area (TPSA) is 0 Å². The summed E-state index contributed by atoms with van der Waals surface area (Å²) in [5.41, 5.74) is 3.62. The summed E-state index contributed by atoms with van der Waals surface area (Å²) < 4.78 is 0. The van der Waals surface area contributed by atoms with Gasteiger partial charge in [0.2, 0.25) is 0 Å². The van der Waals surface area contributed by atoms with E-state index in [4.69, 9.17) is 0 Å². The zero-order valence-electron chi connectivity index (χ0n) is 9.77. The molecule has 0 unspecified atom stereocenters. The minimum absolute atomic E-state index is 0.575. The van der Waals surface area contributed by atoms with Crippen LogP contribution >= 0.6 is 0 Å². The molecule has 2 atom stereocenters. The average Bonchev–Trinajstić information content (AvgIpc) is 2.09. The first-order valence-corrected chi connectivity index (χ1v) is 5.84. The summed E-state index contributed by atoms with van der Waals surface area (Å²) >= 11 is 0. The van der Waals surface area contributed by atoms with Gasteiger partial charge in [-0.15, -0.1) is 0 Å². The summed E-state index contributed by atoms with van der Waals surface area (Å²) in [6, 6.07) is 0. The summed E-state index contributed by atoms with van der Waals surface area (Å²) in [5.74, 6) is 1.73. The summed E-state index contributed by atoms with van der Waals surface area (Å²) in [6.45, 7) is 11.4. The molecule has 0 heteroatoms. The highest BCUT2D eigenvalue weighted by Crippen LogP contribution is 2.56. The Morgan fingerprint density at radius 2 is 2.14 bits per heavy atom. The minimum Gasteiger partial charge on any atom is -0.0993 e. The Morgan fingerprint density at radius 3 is 2.79 bits per heavy atom. The van der Waals surface area contributed by atoms with Crippen LogP contribution in [0.3, 0.4) is 0 Å². The lowest BCUT2D eigenvalue weighted by Crippen LogP contribution is -2.44. The molecule has 0 aromatic heterocycles. The number of allylic oxidation sites excluding steroid dienone is 3. The van der Waals surface area contributed by atoms with Crippen LogP contribution in [0.5, 0.6) is 0 Å². The first-order valence-electron chi connectivity index (χ1n) is 5.84. The van der Waals surface area contributed by atoms with Crippen molar-refractivity contribution in [2.24, 2.45) is 17.3 Å². The molecular formula is C14H22. The van der Waals surface area contributed by atoms with Gasteiger partial charge >= 0.3 is 0 Å². The molecule has 0 N–H and O–H groups in total. The van der Waals surface area contributed by atoms with E-state index >= 15 is 0 Å². The molecule has 2 rings (SSSR count). The van der Waals surface area contributed by atoms with Crippen LogP contribution < -0.4 is 0 Å². The molecule has 0 aromatic rings. The van der Waals surface area contributed by atoms with Gasteiger partial charge < -0.3 is 0 Å². The molecule has 78 valence electrons. The van der Waals surface area contributed by atoms with Crippen LogP contribution in [-0.2, 0) is 0 Å². The van der Waals surface area contributed by atoms with Gasteiger partial charge in [0.1, 0.15) is 0 Å². The monoisotopic (exact) mass is 190 g/mol. The van der Waals surface area contributed by atoms with E-state index in [0.29, 0.717) is 5.41 Å². The van der Waals surface area contributed by atoms with Crippen molar-refractivity contribution in [2.45, 2.75) is 46.5 Å². The Bertz CT molecular complexity index is 280. The van der Waals surface area contributed by atoms with E-state index in [2.05, 4.69) is 33.4 Å². The predicted molar refractivity (Wildman–Crippen MR) is 62.1 cm³/mol. The van der Waals surface area contributed by atoms with Crippen molar-refractivity contribution < 1.29 is 0 Å². The van der Waals surface area contributed by atoms with E-state index < -0.39 is 0 Å². The molecule has 2 aliphatic rings. The van der Waals surface area contributed by atoms with E-state index in [-0.39, 0.29) is 0 Å². The molecule has 1 fully saturated rings. The summed E-state index contributed by atoms with van der Waals surface area (Å²) in [5, 5.41) is 0. The van der Waals surface area contributed by atoms with Crippen LogP contribution in [0, 0.1) is 17.3 Å². The second kappa shape index (κ2) is 3.25. The maximum Gasteiger partial charge on any atom is -0.0136 e. The van der Waals surface area contributed by atoms with Crippen molar-refractivity contribution in [3.05, 3.63) is 23.8 Å². The third-order valence-corrected chi connectivity index (χ3v) is 4.32. The van der Waals surface area contributed by atoms with Gasteiger partial charge in [0.05, 0.1) is 0 Å². The van der Waals surface area contributed by atoms with Gasteiger partial charge in [-0.2, -0.15) is 0 Å². The first-order chi connectivity index (χ1) is 6.50. The van der Waals surface area contributed by atoms with Crippen molar-refractivity contribution in [3.63, 3.8) is 0 Å². The fraction of sp³-hybridized carbons (Fsp3) is 0.714. The SMILES string of the molecule is C=C1CC=C(C)CC[C@@H]2[C@@H]1CC2(C)C. The third-order valence-electron chi connectivity index (χ3n) is 4.32. The van der Waals surface area contributed by atoms with Crippen molar-refractivity contribution >= 4 is 0 Å². The predicted octanol–water partition coefficient (Wildman–Crippen LogP) is 4.34. The second-order valence-corrected chi connectivity index (χ2v) is 5.86. The van der Waals surface area contributed by atoms with Crippen molar-refractivity contribution in [2.75, 3.05) is 0 Å². The van der Waals surface area contributed by atoms with Gasteiger partial charge in [-0.3, -0.25) is 0 Å². The van der Waals surface area contributed by atoms with Gasteiger partial charge in [-0.25, -0.2) is 0 Å². The smallest absolute Gasteiger partial charge is 0.0136 e. The summed E-state index contributed by atoms with van der Waals surface area (Å²) in [7, 11) is 0. The molecule has 0 aliphatic heterocycles. The molecule has 0 spiro atoms. The lowest BCUT2D eigenvalue weighted by atomic mass is 9.51. The quantitative estimate of drug-likeness (QED) is 0.499. The normalized spacial score (nSPS) is 36.2. The van der Waals surface area contributed by atoms with Crippen LogP contribution in [0.2, 0.25) is 0 Å². The van der Waals surface area contributed by atoms with E-state index in [1.54, 1.807) is 5.57 Å². The van der Waals surface area contributed by atoms with Crippen molar-refractivity contribution in [1.82, 2.24) is 0 Å². The fourth-order valence-corrected chi connectivity index (χ4v) is 3.21. The van der Waals surface area contributed by atoms with Crippen LogP contribution in [0.1, 0.15) is 46.5 Å². The van der Waals surface area contributed by atoms with Crippen LogP contribution in [0.4, 0.5) is 0 Å². The van der Waals surface area contributed by atoms with Crippen LogP contribution in [0.15, 0.2) is 23.8 Å². The van der Waals surface area contributed by atoms with Gasteiger partial charge in [-0.05, 0) is 49.9 Å². The van der Waals surface area contributed by atoms with Gasteiger partial charge in [0.15, 0.2) is 0 Å². The average molecular weight is 190 g/mol. The zero-order valence-corrected chi connectivity index (χ0v) is 9.77. The first kappa shape index (κ1) is 10.0. The molecule has 14 heavy (non-hydrogen) atoms. The Morgan fingerprint density at radius 1 is 1.43 bits per heavy atom. The highest BCUT2D eigenvalue weighted by atomic mass is 14.5. The number of hydrogen-bond donors (Lipinski definition) is 0. The minimum atomic E-state index is 0.575. The lowest BCUT2D eigenvalue weighted by molar-refractivity contribution is 0.00311. The summed E-state index contributed by atoms with van der Waals surface area (Å²) in [4.78, 5) is 0. The second-order valence-electron chi connectivity index (χ2n) is 5.86. The molecule has 2 aliphatic carbocycles. The van der Waals surface area contributed by atoms with Gasteiger partial charge in [0, 0.05) is 0 Å². The van der Waals surface area contributed by atoms with Crippen molar-refractivity contribution in [1.29, 1.82) is 0 Å². The Kier molecular flexibility index (Phi) is 2.33. The molecule has 0 amide bonds. The number of fused-ring (bicyclic) bond motifs is 1. The largest absolute Gasteiger partial charge is 0.0993 e. The fourth-order valence-electron chi connectivity index (χ4n) is 3.21. The molecule has 0 aromatic carbocycles. The molecule has 0 heterocycles. The summed E-state index contributed by atoms with van der Waals surface area (Å²) in [6.07, 6.45) is 7.55. The maximum atomic E-state index is 4.25. The Labute approximate surface area is 88.1 Å². The van der Waals surface area contributed by atoms with E-state index in [0.717, 1.165) is 18.3 Å². The van der Waals surface area contributed by atoms with Crippen LogP contribution in [0.25, 0.3) is 0 Å². The van der Waals surface area contributed by atoms with Gasteiger partial charge in [-0.1, -0.05) is 37.6 Å². The standard InChI is InChI=1S/C14H22/c1-10-5-7-11(2)12-9-14(3,4)13(12)8-6-10/h5,12-13H,2,6-9H2,1,3-4H3/t12-,13-/m1/s1. The van der Waals surface area contributed by atoms with Crippen LogP contribution in [-0.4, -0.2) is 0 Å². The molecule has 0 saturated heterocycles. The maximum absolute atomic E-state index is 4.25. The van der Waals surface area contributed by atoms with E-state index in [1.807, 2.05) is 0 Å². The van der Waals surface area contributed by atoms with E-state index in [1.165, 1.54) is 24.8 Å². The highest BCUT2D eigenvalue weighted by Gasteiger charge is 2.47. The highest BCUT2D eigenvalue weighted by molar-refractivity contribution is 5.19. The zero-order chi connectivity index (χ0) is 10.3. The molecule has 0 nitrogen and oxygen atoms in total. The molecule has 1 saturated carbocycles. The number of rotatable bonds is 0. The lowest BCUT2D eigenvalue weighted by Gasteiger charge is -2.53. The third kappa shape index (κ3) is 1.55. The van der Waals surface area contributed by atoms with E-state index in [9.17, 15) is 0 Å². The Balaban J connectivity index is 2.15. The number of hydrogen-bond acceptors (Lipinski definition) is 0. The molecular weight excluding hydrogens is 168 g/mol. The molecule has 0 radical (unpaired) electrons.